The van der Waals surface area contributed by atoms with Crippen LogP contribution in [0.5, 0.6) is 0 Å². The average molecular weight is 500 g/mol. The van der Waals surface area contributed by atoms with Crippen LogP contribution in [0.25, 0.3) is 6.08 Å². The Morgan fingerprint density at radius 2 is 2.09 bits per heavy atom. The molecule has 12 nitrogen and oxygen atoms in total. The molecule has 2 aromatic heterocycles. The molecule has 2 aliphatic heterocycles. The van der Waals surface area contributed by atoms with E-state index in [-0.39, 0.29) is 16.5 Å². The standard InChI is InChI=1S/C20H17N7O5S2/c21-20-24-12(9-34-20)13(26-32)16(28)25-14-17(29)27-15(19(30)31)10(8-33-18(14)27)3-1-2-4-11-7-22-5-6-23-11/h1-7,9,14,18,32H,8H2,(H2,21,24)(H,25,28)(H,30,31)/b3-1+,4-2+,26-13-/t14-,18-/m1/s1. The summed E-state index contributed by atoms with van der Waals surface area (Å²) < 4.78 is 0. The number of carbonyl (C=O) groups excluding carboxylic acids is 2. The lowest BCUT2D eigenvalue weighted by Gasteiger charge is -2.49. The van der Waals surface area contributed by atoms with Crippen molar-refractivity contribution in [1.29, 1.82) is 0 Å². The number of hydrogen-bond donors (Lipinski definition) is 4. The highest BCUT2D eigenvalue weighted by Crippen LogP contribution is 2.40. The number of aromatic nitrogens is 3. The predicted molar refractivity (Wildman–Crippen MR) is 125 cm³/mol. The number of carbonyl (C=O) groups is 3. The molecule has 0 spiro atoms. The Labute approximate surface area is 200 Å². The number of oxime groups is 1. The maximum absolute atomic E-state index is 12.8. The summed E-state index contributed by atoms with van der Waals surface area (Å²) in [7, 11) is 0. The van der Waals surface area contributed by atoms with E-state index >= 15 is 0 Å². The summed E-state index contributed by atoms with van der Waals surface area (Å²) in [5, 5.41) is 25.4. The third-order valence-corrected chi connectivity index (χ3v) is 6.80. The largest absolute Gasteiger partial charge is 0.477 e. The van der Waals surface area contributed by atoms with Crippen LogP contribution >= 0.6 is 23.1 Å². The molecule has 34 heavy (non-hydrogen) atoms. The summed E-state index contributed by atoms with van der Waals surface area (Å²) >= 11 is 2.36. The minimum Gasteiger partial charge on any atom is -0.477 e. The molecule has 2 atom stereocenters. The Balaban J connectivity index is 1.48. The highest BCUT2D eigenvalue weighted by Gasteiger charge is 2.54. The van der Waals surface area contributed by atoms with Gasteiger partial charge in [0.15, 0.2) is 10.8 Å². The lowest BCUT2D eigenvalue weighted by Crippen LogP contribution is -2.71. The van der Waals surface area contributed by atoms with Crippen molar-refractivity contribution in [2.75, 3.05) is 11.5 Å². The molecular formula is C20H17N7O5S2. The number of amides is 2. The molecule has 0 saturated carbocycles. The van der Waals surface area contributed by atoms with Crippen LogP contribution in [-0.2, 0) is 14.4 Å². The number of hydrogen-bond acceptors (Lipinski definition) is 11. The maximum atomic E-state index is 12.8. The number of allylic oxidation sites excluding steroid dienone is 3. The van der Waals surface area contributed by atoms with Crippen molar-refractivity contribution in [3.05, 3.63) is 64.9 Å². The van der Waals surface area contributed by atoms with Gasteiger partial charge in [0.1, 0.15) is 22.8 Å². The van der Waals surface area contributed by atoms with Gasteiger partial charge in [-0.15, -0.1) is 23.1 Å². The number of nitrogens with zero attached hydrogens (tertiary/aromatic N) is 5. The average Bonchev–Trinajstić information content (AvgIpc) is 3.26. The molecule has 0 aliphatic carbocycles. The molecular weight excluding hydrogens is 482 g/mol. The fourth-order valence-electron chi connectivity index (χ4n) is 3.31. The minimum atomic E-state index is -1.25. The first-order valence-corrected chi connectivity index (χ1v) is 11.6. The first kappa shape index (κ1) is 23.1. The summed E-state index contributed by atoms with van der Waals surface area (Å²) in [6.45, 7) is 0. The zero-order valence-electron chi connectivity index (χ0n) is 17.2. The van der Waals surface area contributed by atoms with Crippen molar-refractivity contribution in [3.63, 3.8) is 0 Å². The van der Waals surface area contributed by atoms with Gasteiger partial charge in [-0.2, -0.15) is 0 Å². The topological polar surface area (TPSA) is 184 Å². The Hall–Kier alpha value is -4.04. The molecule has 4 heterocycles. The van der Waals surface area contributed by atoms with E-state index in [9.17, 15) is 24.7 Å². The number of rotatable bonds is 7. The van der Waals surface area contributed by atoms with Gasteiger partial charge >= 0.3 is 5.97 Å². The van der Waals surface area contributed by atoms with Gasteiger partial charge in [0.25, 0.3) is 11.8 Å². The molecule has 2 amide bonds. The molecule has 2 aliphatic rings. The van der Waals surface area contributed by atoms with E-state index in [1.807, 2.05) is 0 Å². The number of fused-ring (bicyclic) bond motifs is 1. The zero-order valence-corrected chi connectivity index (χ0v) is 18.9. The van der Waals surface area contributed by atoms with Gasteiger partial charge in [-0.3, -0.25) is 24.5 Å². The van der Waals surface area contributed by atoms with Crippen LogP contribution in [0.2, 0.25) is 0 Å². The van der Waals surface area contributed by atoms with Gasteiger partial charge in [0, 0.05) is 23.5 Å². The van der Waals surface area contributed by atoms with Crippen LogP contribution in [0.15, 0.2) is 58.6 Å². The fourth-order valence-corrected chi connectivity index (χ4v) is 5.18. The van der Waals surface area contributed by atoms with E-state index in [2.05, 4.69) is 25.4 Å². The molecule has 174 valence electrons. The first-order valence-electron chi connectivity index (χ1n) is 9.67. The highest BCUT2D eigenvalue weighted by atomic mass is 32.2. The number of nitrogens with one attached hydrogen (secondary N) is 1. The monoisotopic (exact) mass is 499 g/mol. The Morgan fingerprint density at radius 3 is 2.74 bits per heavy atom. The van der Waals surface area contributed by atoms with E-state index in [0.29, 0.717) is 17.0 Å². The van der Waals surface area contributed by atoms with Crippen LogP contribution in [0.3, 0.4) is 0 Å². The number of anilines is 1. The van der Waals surface area contributed by atoms with Gasteiger partial charge in [0.2, 0.25) is 0 Å². The number of nitrogen functional groups attached to an aromatic ring is 1. The Bertz CT molecular complexity index is 1260. The van der Waals surface area contributed by atoms with Crippen molar-refractivity contribution in [3.8, 4) is 0 Å². The van der Waals surface area contributed by atoms with Crippen LogP contribution < -0.4 is 11.1 Å². The SMILES string of the molecule is Nc1nc(/C(=N/O)C(=O)N[C@@H]2C(=O)N3C(C(=O)O)=C(/C=C/C=C/c4cnccn4)CS[C@H]23)cs1. The molecule has 0 radical (unpaired) electrons. The smallest absolute Gasteiger partial charge is 0.352 e. The molecule has 0 bridgehead atoms. The van der Waals surface area contributed by atoms with Crippen molar-refractivity contribution in [1.82, 2.24) is 25.2 Å². The number of carboxylic acids is 1. The van der Waals surface area contributed by atoms with Gasteiger partial charge in [-0.1, -0.05) is 23.4 Å². The second-order valence-electron chi connectivity index (χ2n) is 6.91. The zero-order chi connectivity index (χ0) is 24.2. The van der Waals surface area contributed by atoms with E-state index in [1.165, 1.54) is 17.1 Å². The van der Waals surface area contributed by atoms with Gasteiger partial charge in [0.05, 0.1) is 11.9 Å². The third-order valence-electron chi connectivity index (χ3n) is 4.83. The lowest BCUT2D eigenvalue weighted by molar-refractivity contribution is -0.150. The second kappa shape index (κ2) is 9.84. The number of nitrogens with two attached hydrogens (primary N) is 1. The van der Waals surface area contributed by atoms with Crippen molar-refractivity contribution in [2.45, 2.75) is 11.4 Å². The number of β-lactam (4-membered cyclic amide) rings is 1. The molecule has 1 saturated heterocycles. The summed E-state index contributed by atoms with van der Waals surface area (Å²) in [4.78, 5) is 50.4. The van der Waals surface area contributed by atoms with Crippen LogP contribution in [-0.4, -0.2) is 70.8 Å². The third kappa shape index (κ3) is 4.53. The molecule has 1 fully saturated rings. The van der Waals surface area contributed by atoms with E-state index < -0.39 is 34.9 Å². The first-order chi connectivity index (χ1) is 16.4. The summed E-state index contributed by atoms with van der Waals surface area (Å²) in [5.41, 5.74) is 6.16. The van der Waals surface area contributed by atoms with E-state index in [4.69, 9.17) is 5.73 Å². The normalized spacial score (nSPS) is 20.5. The van der Waals surface area contributed by atoms with Crippen molar-refractivity contribution in [2.24, 2.45) is 5.16 Å². The molecule has 0 aromatic carbocycles. The number of carboxylic acid groups (broad SMARTS) is 1. The van der Waals surface area contributed by atoms with Crippen LogP contribution in [0.4, 0.5) is 5.13 Å². The fraction of sp³-hybridized carbons (Fsp3) is 0.150. The predicted octanol–water partition coefficient (Wildman–Crippen LogP) is 0.702. The molecule has 4 rings (SSSR count). The van der Waals surface area contributed by atoms with Gasteiger partial charge in [-0.05, 0) is 11.6 Å². The van der Waals surface area contributed by atoms with E-state index in [0.717, 1.165) is 16.2 Å². The molecule has 14 heteroatoms. The molecule has 0 unspecified atom stereocenters. The number of thiazole rings is 1. The number of aliphatic carboxylic acids is 1. The van der Waals surface area contributed by atoms with Crippen LogP contribution in [0.1, 0.15) is 11.4 Å². The highest BCUT2D eigenvalue weighted by molar-refractivity contribution is 8.00. The van der Waals surface area contributed by atoms with E-state index in [1.54, 1.807) is 42.9 Å². The quantitative estimate of drug-likeness (QED) is 0.139. The maximum Gasteiger partial charge on any atom is 0.352 e. The number of thioether (sulfide) groups is 1. The lowest BCUT2D eigenvalue weighted by atomic mass is 10.0. The van der Waals surface area contributed by atoms with Crippen molar-refractivity contribution < 1.29 is 24.7 Å². The summed E-state index contributed by atoms with van der Waals surface area (Å²) in [6, 6.07) is -0.985. The van der Waals surface area contributed by atoms with Crippen LogP contribution in [0, 0.1) is 0 Å². The second-order valence-corrected chi connectivity index (χ2v) is 8.90. The van der Waals surface area contributed by atoms with Gasteiger partial charge in [-0.25, -0.2) is 9.78 Å². The Morgan fingerprint density at radius 1 is 1.29 bits per heavy atom. The summed E-state index contributed by atoms with van der Waals surface area (Å²) in [6.07, 6.45) is 11.4. The summed E-state index contributed by atoms with van der Waals surface area (Å²) in [5.74, 6) is -2.36. The molecule has 2 aromatic rings. The molecule has 5 N–H and O–H groups in total. The Kier molecular flexibility index (Phi) is 6.70. The van der Waals surface area contributed by atoms with Gasteiger partial charge < -0.3 is 21.4 Å². The minimum absolute atomic E-state index is 0.0653. The van der Waals surface area contributed by atoms with Crippen molar-refractivity contribution >= 4 is 57.8 Å².